The molecule has 382 valence electrons. The second-order valence-corrected chi connectivity index (χ2v) is 22.1. The Hall–Kier alpha value is -3.90. The van der Waals surface area contributed by atoms with Crippen molar-refractivity contribution in [3.05, 3.63) is 105 Å². The summed E-state index contributed by atoms with van der Waals surface area (Å²) in [6, 6.07) is 27.6. The van der Waals surface area contributed by atoms with Crippen LogP contribution < -0.4 is 21.7 Å². The average Bonchev–Trinajstić information content (AvgIpc) is 4.18. The fraction of sp³-hybridized carbons (Fsp3) is 0.567. The predicted octanol–water partition coefficient (Wildman–Crippen LogP) is 13.5. The molecule has 0 fully saturated rings. The van der Waals surface area contributed by atoms with Gasteiger partial charge in [-0.15, -0.1) is 22.7 Å². The quantitative estimate of drug-likeness (QED) is 0.0355. The maximum atomic E-state index is 15.4. The number of nitrogens with one attached hydrogen (secondary N) is 3. The van der Waals surface area contributed by atoms with E-state index in [-0.39, 0.29) is 29.9 Å². The summed E-state index contributed by atoms with van der Waals surface area (Å²) < 4.78 is 0. The molecule has 5 unspecified atom stereocenters. The van der Waals surface area contributed by atoms with Crippen LogP contribution in [0.2, 0.25) is 0 Å². The van der Waals surface area contributed by atoms with Crippen LogP contribution in [0.15, 0.2) is 83.9 Å². The molecule has 4 aromatic rings. The van der Waals surface area contributed by atoms with E-state index in [1.807, 2.05) is 9.80 Å². The van der Waals surface area contributed by atoms with Crippen LogP contribution in [0.4, 0.5) is 0 Å². The minimum Gasteiger partial charge on any atom is -0.327 e. The van der Waals surface area contributed by atoms with Crippen molar-refractivity contribution < 1.29 is 9.59 Å². The molecule has 0 spiro atoms. The maximum Gasteiger partial charge on any atom is 0.261 e. The Morgan fingerprint density at radius 3 is 1.26 bits per heavy atom. The van der Waals surface area contributed by atoms with E-state index >= 15 is 9.59 Å². The third kappa shape index (κ3) is 14.2. The van der Waals surface area contributed by atoms with Crippen LogP contribution in [0.1, 0.15) is 166 Å². The summed E-state index contributed by atoms with van der Waals surface area (Å²) in [4.78, 5) is 38.9. The fourth-order valence-corrected chi connectivity index (χ4v) is 12.3. The number of unbranched alkanes of at least 4 members (excludes halogenated alkanes) is 3. The first-order valence-electron chi connectivity index (χ1n) is 27.6. The van der Waals surface area contributed by atoms with Gasteiger partial charge in [-0.2, -0.15) is 0 Å². The number of hydrogen-bond acceptors (Lipinski definition) is 8. The van der Waals surface area contributed by atoms with E-state index in [9.17, 15) is 0 Å². The number of nitrogens with zero attached hydrogens (tertiary/aromatic N) is 2. The molecule has 6 rings (SSSR count). The summed E-state index contributed by atoms with van der Waals surface area (Å²) in [6.45, 7) is 21.7. The van der Waals surface area contributed by atoms with Gasteiger partial charge < -0.3 is 31.5 Å². The fourth-order valence-electron chi connectivity index (χ4n) is 10.2. The van der Waals surface area contributed by atoms with Gasteiger partial charge >= 0.3 is 0 Å². The van der Waals surface area contributed by atoms with Crippen molar-refractivity contribution in [3.63, 3.8) is 0 Å². The Labute approximate surface area is 431 Å². The van der Waals surface area contributed by atoms with Gasteiger partial charge in [0.2, 0.25) is 0 Å². The minimum atomic E-state index is -0.0733. The Kier molecular flexibility index (Phi) is 22.5. The van der Waals surface area contributed by atoms with Crippen molar-refractivity contribution >= 4 is 45.9 Å². The highest BCUT2D eigenvalue weighted by Gasteiger charge is 2.50. The molecule has 5 atom stereocenters. The van der Waals surface area contributed by atoms with E-state index in [2.05, 4.69) is 144 Å². The molecule has 8 nitrogen and oxygen atoms in total. The number of carbonyl (C=O) groups is 2. The number of nitrogens with two attached hydrogens (primary N) is 1. The third-order valence-corrected chi connectivity index (χ3v) is 17.1. The Morgan fingerprint density at radius 2 is 0.871 bits per heavy atom. The summed E-state index contributed by atoms with van der Waals surface area (Å²) in [5.41, 5.74) is 14.2. The summed E-state index contributed by atoms with van der Waals surface area (Å²) in [6.07, 6.45) is 17.2. The number of thiophene rings is 2. The van der Waals surface area contributed by atoms with E-state index in [0.29, 0.717) is 36.2 Å². The molecular weight excluding hydrogens is 901 g/mol. The summed E-state index contributed by atoms with van der Waals surface area (Å²) >= 11 is 3.37. The summed E-state index contributed by atoms with van der Waals surface area (Å²) in [5, 5.41) is 11.3. The second-order valence-electron chi connectivity index (χ2n) is 19.9. The molecule has 0 saturated carbocycles. The molecule has 2 aliphatic heterocycles. The number of fused-ring (bicyclic) bond motifs is 1. The standard InChI is InChI=1S/C60H88N6O2S2/c1-9-17-37-62-47(14-6)32-26-43-24-30-46(31-25-43)52-34-36-54(70-52)58-56-55(59(67)66(58)41-49(16-8)64-39-19-11-3)57(65(60(56)68)40-48(15-7)63-38-18-10-2)53-35-33-51(69-53)45-28-22-42(23-29-45)21-27-44(13-5)50(61)20-12-4/h22-25,28-31,33-36,44,47-50,62-64H,9-21,26-27,32,37-41,61H2,1-8H3. The normalized spacial score (nSPS) is 16.2. The van der Waals surface area contributed by atoms with E-state index in [1.165, 1.54) is 24.0 Å². The molecule has 2 amide bonds. The zero-order valence-electron chi connectivity index (χ0n) is 44.3. The highest BCUT2D eigenvalue weighted by Crippen LogP contribution is 2.50. The second kappa shape index (κ2) is 28.4. The predicted molar refractivity (Wildman–Crippen MR) is 301 cm³/mol. The Bertz CT molecular complexity index is 2290. The van der Waals surface area contributed by atoms with Gasteiger partial charge in [0.1, 0.15) is 0 Å². The molecule has 10 heteroatoms. The molecule has 5 N–H and O–H groups in total. The first-order valence-corrected chi connectivity index (χ1v) is 29.2. The summed E-state index contributed by atoms with van der Waals surface area (Å²) in [5.74, 6) is 0.386. The number of carbonyl (C=O) groups excluding carboxylic acids is 2. The van der Waals surface area contributed by atoms with Gasteiger partial charge in [-0.25, -0.2) is 0 Å². The number of amides is 2. The molecular formula is C60H88N6O2S2. The number of rotatable bonds is 33. The third-order valence-electron chi connectivity index (χ3n) is 14.8. The van der Waals surface area contributed by atoms with Crippen LogP contribution in [-0.2, 0) is 22.4 Å². The van der Waals surface area contributed by atoms with Gasteiger partial charge in [0.15, 0.2) is 0 Å². The number of hydrogen-bond donors (Lipinski definition) is 4. The van der Waals surface area contributed by atoms with Crippen molar-refractivity contribution in [2.45, 2.75) is 182 Å². The van der Waals surface area contributed by atoms with E-state index in [1.54, 1.807) is 22.7 Å². The van der Waals surface area contributed by atoms with Gasteiger partial charge in [-0.1, -0.05) is 136 Å². The Balaban J connectivity index is 1.37. The maximum absolute atomic E-state index is 15.4. The highest BCUT2D eigenvalue weighted by atomic mass is 32.1. The average molecular weight is 990 g/mol. The van der Waals surface area contributed by atoms with E-state index in [0.717, 1.165) is 152 Å². The smallest absolute Gasteiger partial charge is 0.261 e. The van der Waals surface area contributed by atoms with Crippen LogP contribution in [0, 0.1) is 5.92 Å². The lowest BCUT2D eigenvalue weighted by molar-refractivity contribution is -0.124. The van der Waals surface area contributed by atoms with Crippen molar-refractivity contribution in [1.82, 2.24) is 25.8 Å². The van der Waals surface area contributed by atoms with E-state index < -0.39 is 0 Å². The van der Waals surface area contributed by atoms with Gasteiger partial charge in [-0.05, 0) is 143 Å². The zero-order valence-corrected chi connectivity index (χ0v) is 45.9. The van der Waals surface area contributed by atoms with Crippen molar-refractivity contribution in [2.24, 2.45) is 11.7 Å². The zero-order chi connectivity index (χ0) is 50.0. The van der Waals surface area contributed by atoms with Gasteiger partial charge in [0, 0.05) is 47.0 Å². The van der Waals surface area contributed by atoms with Crippen LogP contribution in [0.3, 0.4) is 0 Å². The van der Waals surface area contributed by atoms with Gasteiger partial charge in [0.25, 0.3) is 11.8 Å². The topological polar surface area (TPSA) is 103 Å². The lowest BCUT2D eigenvalue weighted by Gasteiger charge is -2.29. The van der Waals surface area contributed by atoms with Crippen molar-refractivity contribution in [1.29, 1.82) is 0 Å². The molecule has 70 heavy (non-hydrogen) atoms. The first-order chi connectivity index (χ1) is 34.1. The molecule has 2 aliphatic rings. The van der Waals surface area contributed by atoms with Gasteiger partial charge in [0.05, 0.1) is 32.3 Å². The monoisotopic (exact) mass is 989 g/mol. The van der Waals surface area contributed by atoms with Crippen LogP contribution in [-0.4, -0.2) is 78.5 Å². The largest absolute Gasteiger partial charge is 0.327 e. The molecule has 0 aliphatic carbocycles. The number of aryl methyl sites for hydroxylation is 2. The molecule has 0 bridgehead atoms. The summed E-state index contributed by atoms with van der Waals surface area (Å²) in [7, 11) is 0. The molecule has 2 aromatic carbocycles. The Morgan fingerprint density at radius 1 is 0.471 bits per heavy atom. The number of benzene rings is 2. The molecule has 0 saturated heterocycles. The SMILES string of the molecule is CCCCNC(CC)CCc1ccc(-c2ccc(C3=C4C(=O)N(CC(CC)NCCCC)C(c5ccc(-c6ccc(CCC(CC)C(N)CCC)cc6)s5)=C4C(=O)N3CC(CC)NCCCC)s2)cc1. The van der Waals surface area contributed by atoms with Crippen molar-refractivity contribution in [2.75, 3.05) is 32.7 Å². The lowest BCUT2D eigenvalue weighted by Crippen LogP contribution is -2.43. The first kappa shape index (κ1) is 55.4. The highest BCUT2D eigenvalue weighted by molar-refractivity contribution is 7.17. The van der Waals surface area contributed by atoms with Crippen LogP contribution in [0.25, 0.3) is 32.3 Å². The van der Waals surface area contributed by atoms with E-state index in [4.69, 9.17) is 5.73 Å². The van der Waals surface area contributed by atoms with Crippen LogP contribution >= 0.6 is 22.7 Å². The molecule has 0 radical (unpaired) electrons. The molecule has 4 heterocycles. The van der Waals surface area contributed by atoms with Crippen LogP contribution in [0.5, 0.6) is 0 Å². The molecule has 2 aromatic heterocycles. The van der Waals surface area contributed by atoms with Gasteiger partial charge in [-0.3, -0.25) is 9.59 Å². The lowest BCUT2D eigenvalue weighted by atomic mass is 9.88. The van der Waals surface area contributed by atoms with Crippen molar-refractivity contribution in [3.8, 4) is 20.9 Å². The minimum absolute atomic E-state index is 0.0733.